The highest BCUT2D eigenvalue weighted by atomic mass is 16.6. The van der Waals surface area contributed by atoms with Crippen molar-refractivity contribution in [2.24, 2.45) is 0 Å². The highest BCUT2D eigenvalue weighted by molar-refractivity contribution is 6.04. The van der Waals surface area contributed by atoms with Crippen LogP contribution >= 0.6 is 0 Å². The van der Waals surface area contributed by atoms with Crippen LogP contribution in [0.15, 0.2) is 41.3 Å². The SMILES string of the molecule is Cc1ccc(NC(=O)c2cc[nH]c(=O)c2)cc1[N+](=O)[O-]. The number of nitrogens with zero attached hydrogens (tertiary/aromatic N) is 1. The fraction of sp³-hybridized carbons (Fsp3) is 0.0769. The van der Waals surface area contributed by atoms with Gasteiger partial charge in [-0.3, -0.25) is 19.7 Å². The number of aryl methyl sites for hydroxylation is 1. The number of H-pyrrole nitrogens is 1. The van der Waals surface area contributed by atoms with Crippen molar-refractivity contribution in [2.45, 2.75) is 6.92 Å². The summed E-state index contributed by atoms with van der Waals surface area (Å²) >= 11 is 0. The summed E-state index contributed by atoms with van der Waals surface area (Å²) in [6.45, 7) is 1.61. The lowest BCUT2D eigenvalue weighted by Crippen LogP contribution is -2.15. The van der Waals surface area contributed by atoms with Gasteiger partial charge in [-0.05, 0) is 19.1 Å². The number of amides is 1. The molecule has 102 valence electrons. The minimum atomic E-state index is -0.516. The van der Waals surface area contributed by atoms with Crippen LogP contribution in [0.3, 0.4) is 0 Å². The molecule has 0 fully saturated rings. The van der Waals surface area contributed by atoms with Crippen LogP contribution in [-0.2, 0) is 0 Å². The lowest BCUT2D eigenvalue weighted by Gasteiger charge is -2.05. The summed E-state index contributed by atoms with van der Waals surface area (Å²) in [6, 6.07) is 6.98. The number of hydrogen-bond donors (Lipinski definition) is 2. The molecule has 0 aliphatic rings. The molecule has 1 aromatic heterocycles. The first-order valence-electron chi connectivity index (χ1n) is 5.72. The third-order valence-corrected chi connectivity index (χ3v) is 2.70. The second-order valence-electron chi connectivity index (χ2n) is 4.15. The van der Waals surface area contributed by atoms with Gasteiger partial charge in [0.1, 0.15) is 0 Å². The summed E-state index contributed by atoms with van der Waals surface area (Å²) in [4.78, 5) is 35.7. The molecule has 2 N–H and O–H groups in total. The highest BCUT2D eigenvalue weighted by Crippen LogP contribution is 2.22. The number of pyridine rings is 1. The number of anilines is 1. The molecule has 1 aromatic carbocycles. The topological polar surface area (TPSA) is 105 Å². The third-order valence-electron chi connectivity index (χ3n) is 2.70. The molecule has 0 bridgehead atoms. The van der Waals surface area contributed by atoms with Gasteiger partial charge in [0, 0.05) is 35.1 Å². The summed E-state index contributed by atoms with van der Waals surface area (Å²) in [7, 11) is 0. The first-order chi connectivity index (χ1) is 9.47. The van der Waals surface area contributed by atoms with Crippen LogP contribution in [0.4, 0.5) is 11.4 Å². The maximum absolute atomic E-state index is 11.9. The lowest BCUT2D eigenvalue weighted by atomic mass is 10.1. The van der Waals surface area contributed by atoms with E-state index in [-0.39, 0.29) is 11.3 Å². The van der Waals surface area contributed by atoms with Gasteiger partial charge in [0.2, 0.25) is 5.56 Å². The minimum Gasteiger partial charge on any atom is -0.329 e. The van der Waals surface area contributed by atoms with Crippen molar-refractivity contribution in [3.8, 4) is 0 Å². The highest BCUT2D eigenvalue weighted by Gasteiger charge is 2.13. The molecule has 20 heavy (non-hydrogen) atoms. The number of hydrogen-bond acceptors (Lipinski definition) is 4. The van der Waals surface area contributed by atoms with E-state index in [0.717, 1.165) is 6.07 Å². The van der Waals surface area contributed by atoms with E-state index in [2.05, 4.69) is 10.3 Å². The summed E-state index contributed by atoms with van der Waals surface area (Å²) < 4.78 is 0. The second kappa shape index (κ2) is 5.35. The minimum absolute atomic E-state index is 0.0753. The van der Waals surface area contributed by atoms with Crippen LogP contribution in [-0.4, -0.2) is 15.8 Å². The Hall–Kier alpha value is -2.96. The fourth-order valence-electron chi connectivity index (χ4n) is 1.67. The first-order valence-corrected chi connectivity index (χ1v) is 5.72. The van der Waals surface area contributed by atoms with E-state index >= 15 is 0 Å². The summed E-state index contributed by atoms with van der Waals surface area (Å²) in [5.41, 5.74) is 0.509. The zero-order valence-electron chi connectivity index (χ0n) is 10.5. The Morgan fingerprint density at radius 2 is 2.05 bits per heavy atom. The fourth-order valence-corrected chi connectivity index (χ4v) is 1.67. The molecule has 2 rings (SSSR count). The van der Waals surface area contributed by atoms with E-state index in [1.165, 1.54) is 18.3 Å². The molecule has 2 aromatic rings. The van der Waals surface area contributed by atoms with Gasteiger partial charge in [0.25, 0.3) is 11.6 Å². The van der Waals surface area contributed by atoms with Gasteiger partial charge < -0.3 is 10.3 Å². The van der Waals surface area contributed by atoms with Crippen LogP contribution in [0.5, 0.6) is 0 Å². The molecule has 0 saturated carbocycles. The van der Waals surface area contributed by atoms with Crippen molar-refractivity contribution in [1.82, 2.24) is 4.98 Å². The molecule has 0 atom stereocenters. The Bertz CT molecular complexity index is 736. The lowest BCUT2D eigenvalue weighted by molar-refractivity contribution is -0.385. The summed E-state index contributed by atoms with van der Waals surface area (Å²) in [5, 5.41) is 13.3. The summed E-state index contributed by atoms with van der Waals surface area (Å²) in [6.07, 6.45) is 1.36. The van der Waals surface area contributed by atoms with Gasteiger partial charge in [0.05, 0.1) is 4.92 Å². The Kier molecular flexibility index (Phi) is 3.60. The number of benzene rings is 1. The van der Waals surface area contributed by atoms with Crippen molar-refractivity contribution < 1.29 is 9.72 Å². The first kappa shape index (κ1) is 13.5. The third kappa shape index (κ3) is 2.89. The molecule has 0 radical (unpaired) electrons. The van der Waals surface area contributed by atoms with E-state index in [4.69, 9.17) is 0 Å². The number of nitrogens with one attached hydrogen (secondary N) is 2. The zero-order valence-corrected chi connectivity index (χ0v) is 10.5. The molecule has 7 nitrogen and oxygen atoms in total. The quantitative estimate of drug-likeness (QED) is 0.657. The predicted octanol–water partition coefficient (Wildman–Crippen LogP) is 1.84. The largest absolute Gasteiger partial charge is 0.329 e. The molecule has 0 spiro atoms. The molecule has 7 heteroatoms. The number of carbonyl (C=O) groups is 1. The second-order valence-corrected chi connectivity index (χ2v) is 4.15. The number of carbonyl (C=O) groups excluding carboxylic acids is 1. The van der Waals surface area contributed by atoms with Crippen LogP contribution in [0.25, 0.3) is 0 Å². The van der Waals surface area contributed by atoms with Crippen LogP contribution < -0.4 is 10.9 Å². The molecule has 0 saturated heterocycles. The number of nitro groups is 1. The Morgan fingerprint density at radius 3 is 2.70 bits per heavy atom. The number of aromatic amines is 1. The predicted molar refractivity (Wildman–Crippen MR) is 72.8 cm³/mol. The number of aromatic nitrogens is 1. The molecule has 1 heterocycles. The van der Waals surface area contributed by atoms with Gasteiger partial charge in [-0.25, -0.2) is 0 Å². The van der Waals surface area contributed by atoms with E-state index in [0.29, 0.717) is 11.3 Å². The summed E-state index contributed by atoms with van der Waals surface area (Å²) in [5.74, 6) is -0.505. The molecule has 0 unspecified atom stereocenters. The van der Waals surface area contributed by atoms with E-state index in [9.17, 15) is 19.7 Å². The zero-order chi connectivity index (χ0) is 14.7. The number of rotatable bonds is 3. The van der Waals surface area contributed by atoms with E-state index < -0.39 is 16.4 Å². The molecular formula is C13H11N3O4. The molecule has 0 aliphatic carbocycles. The van der Waals surface area contributed by atoms with Crippen molar-refractivity contribution in [1.29, 1.82) is 0 Å². The average molecular weight is 273 g/mol. The van der Waals surface area contributed by atoms with E-state index in [1.807, 2.05) is 0 Å². The van der Waals surface area contributed by atoms with Gasteiger partial charge >= 0.3 is 0 Å². The number of nitro benzene ring substituents is 1. The molecular weight excluding hydrogens is 262 g/mol. The smallest absolute Gasteiger partial charge is 0.274 e. The van der Waals surface area contributed by atoms with Crippen LogP contribution in [0.2, 0.25) is 0 Å². The van der Waals surface area contributed by atoms with Crippen molar-refractivity contribution in [2.75, 3.05) is 5.32 Å². The van der Waals surface area contributed by atoms with Gasteiger partial charge in [-0.15, -0.1) is 0 Å². The molecule has 1 amide bonds. The van der Waals surface area contributed by atoms with Crippen LogP contribution in [0.1, 0.15) is 15.9 Å². The standard InChI is InChI=1S/C13H11N3O4/c1-8-2-3-10(7-11(8)16(19)20)15-13(18)9-4-5-14-12(17)6-9/h2-7H,1H3,(H,14,17)(H,15,18). The van der Waals surface area contributed by atoms with Gasteiger partial charge in [-0.1, -0.05) is 6.07 Å². The van der Waals surface area contributed by atoms with Crippen molar-refractivity contribution in [3.63, 3.8) is 0 Å². The Labute approximate surface area is 113 Å². The van der Waals surface area contributed by atoms with Gasteiger partial charge in [0.15, 0.2) is 0 Å². The van der Waals surface area contributed by atoms with Crippen molar-refractivity contribution >= 4 is 17.3 Å². The monoisotopic (exact) mass is 273 g/mol. The Balaban J connectivity index is 2.26. The maximum Gasteiger partial charge on any atom is 0.274 e. The Morgan fingerprint density at radius 1 is 1.30 bits per heavy atom. The van der Waals surface area contributed by atoms with E-state index in [1.54, 1.807) is 19.1 Å². The van der Waals surface area contributed by atoms with Gasteiger partial charge in [-0.2, -0.15) is 0 Å². The maximum atomic E-state index is 11.9. The van der Waals surface area contributed by atoms with Crippen molar-refractivity contribution in [3.05, 3.63) is 68.1 Å². The normalized spacial score (nSPS) is 10.1. The molecule has 0 aliphatic heterocycles. The van der Waals surface area contributed by atoms with Crippen LogP contribution in [0, 0.1) is 17.0 Å². The average Bonchev–Trinajstić information content (AvgIpc) is 2.40.